The molecule has 5 nitrogen and oxygen atoms in total. The highest BCUT2D eigenvalue weighted by atomic mass is 32.1. The average molecular weight is 214 g/mol. The highest BCUT2D eigenvalue weighted by Crippen LogP contribution is 2.21. The van der Waals surface area contributed by atoms with Crippen LogP contribution in [0.25, 0.3) is 0 Å². The third-order valence-corrected chi connectivity index (χ3v) is 2.90. The molecule has 1 aromatic rings. The molecule has 2 heterocycles. The number of hydrogen-bond donors (Lipinski definition) is 1. The molecule has 0 amide bonds. The average Bonchev–Trinajstić information content (AvgIpc) is 2.65. The van der Waals surface area contributed by atoms with Gasteiger partial charge in [-0.3, -0.25) is 4.90 Å². The molecule has 1 aliphatic heterocycles. The molecule has 14 heavy (non-hydrogen) atoms. The van der Waals surface area contributed by atoms with E-state index < -0.39 is 0 Å². The molecule has 0 spiro atoms. The Labute approximate surface area is 87.0 Å². The Morgan fingerprint density at radius 1 is 1.71 bits per heavy atom. The molecule has 6 heteroatoms. The molecular formula is C8H14N4OS. The summed E-state index contributed by atoms with van der Waals surface area (Å²) < 4.78 is 9.76. The molecule has 0 aromatic carbocycles. The standard InChI is InChI=1S/C8H14N4OS/c1-2-12-3-4-13-6(5-12)7-10-8(9)14-11-7/h6H,2-5H2,1H3,(H2,9,10,11). The van der Waals surface area contributed by atoms with Gasteiger partial charge in [-0.25, -0.2) is 4.98 Å². The molecule has 2 N–H and O–H groups in total. The number of hydrogen-bond acceptors (Lipinski definition) is 6. The minimum atomic E-state index is -0.00255. The number of nitrogen functional groups attached to an aromatic ring is 1. The number of morpholine rings is 1. The second kappa shape index (κ2) is 4.20. The van der Waals surface area contributed by atoms with Crippen LogP contribution in [0.4, 0.5) is 5.13 Å². The van der Waals surface area contributed by atoms with E-state index in [0.717, 1.165) is 32.1 Å². The maximum atomic E-state index is 5.59. The van der Waals surface area contributed by atoms with Crippen molar-refractivity contribution in [2.45, 2.75) is 13.0 Å². The molecule has 0 saturated carbocycles. The lowest BCUT2D eigenvalue weighted by atomic mass is 10.2. The molecule has 1 aromatic heterocycles. The summed E-state index contributed by atoms with van der Waals surface area (Å²) in [5.74, 6) is 0.727. The van der Waals surface area contributed by atoms with E-state index in [9.17, 15) is 0 Å². The van der Waals surface area contributed by atoms with Gasteiger partial charge in [-0.2, -0.15) is 4.37 Å². The summed E-state index contributed by atoms with van der Waals surface area (Å²) in [5, 5.41) is 0.511. The van der Waals surface area contributed by atoms with E-state index in [-0.39, 0.29) is 6.10 Å². The van der Waals surface area contributed by atoms with Crippen LogP contribution in [-0.2, 0) is 4.74 Å². The topological polar surface area (TPSA) is 64.3 Å². The maximum Gasteiger partial charge on any atom is 0.200 e. The number of nitrogens with zero attached hydrogens (tertiary/aromatic N) is 3. The second-order valence-corrected chi connectivity index (χ2v) is 4.03. The van der Waals surface area contributed by atoms with E-state index in [2.05, 4.69) is 21.2 Å². The number of nitrogens with two attached hydrogens (primary N) is 1. The van der Waals surface area contributed by atoms with E-state index in [4.69, 9.17) is 10.5 Å². The molecule has 1 unspecified atom stereocenters. The van der Waals surface area contributed by atoms with Gasteiger partial charge in [0.1, 0.15) is 6.10 Å². The van der Waals surface area contributed by atoms with Gasteiger partial charge in [0.25, 0.3) is 0 Å². The van der Waals surface area contributed by atoms with Crippen molar-refractivity contribution in [3.63, 3.8) is 0 Å². The summed E-state index contributed by atoms with van der Waals surface area (Å²) in [7, 11) is 0. The minimum absolute atomic E-state index is 0.00255. The summed E-state index contributed by atoms with van der Waals surface area (Å²) in [4.78, 5) is 6.46. The predicted octanol–water partition coefficient (Wildman–Crippen LogP) is 0.513. The van der Waals surface area contributed by atoms with Crippen molar-refractivity contribution >= 4 is 16.7 Å². The van der Waals surface area contributed by atoms with Gasteiger partial charge in [-0.05, 0) is 6.54 Å². The van der Waals surface area contributed by atoms with Gasteiger partial charge in [0.2, 0.25) is 0 Å². The minimum Gasteiger partial charge on any atom is -0.374 e. The normalized spacial score (nSPS) is 23.9. The van der Waals surface area contributed by atoms with E-state index in [1.54, 1.807) is 0 Å². The monoisotopic (exact) mass is 214 g/mol. The van der Waals surface area contributed by atoms with Crippen LogP contribution in [0, 0.1) is 0 Å². The SMILES string of the molecule is CCN1CCOC(c2nsc(N)n2)C1. The van der Waals surface area contributed by atoms with Gasteiger partial charge in [0.15, 0.2) is 11.0 Å². The van der Waals surface area contributed by atoms with E-state index >= 15 is 0 Å². The van der Waals surface area contributed by atoms with Crippen molar-refractivity contribution in [1.82, 2.24) is 14.3 Å². The first kappa shape index (κ1) is 9.82. The van der Waals surface area contributed by atoms with Crippen LogP contribution >= 0.6 is 11.5 Å². The lowest BCUT2D eigenvalue weighted by molar-refractivity contribution is -0.0319. The fourth-order valence-corrected chi connectivity index (χ4v) is 2.00. The molecule has 2 rings (SSSR count). The summed E-state index contributed by atoms with van der Waals surface area (Å²) in [6.45, 7) is 5.79. The van der Waals surface area contributed by atoms with Gasteiger partial charge in [0, 0.05) is 24.6 Å². The quantitative estimate of drug-likeness (QED) is 0.777. The molecule has 78 valence electrons. The summed E-state index contributed by atoms with van der Waals surface area (Å²) in [6, 6.07) is 0. The van der Waals surface area contributed by atoms with Crippen molar-refractivity contribution < 1.29 is 4.74 Å². The first-order valence-electron chi connectivity index (χ1n) is 4.72. The zero-order valence-corrected chi connectivity index (χ0v) is 8.96. The molecule has 1 aliphatic rings. The van der Waals surface area contributed by atoms with Crippen LogP contribution in [0.15, 0.2) is 0 Å². The van der Waals surface area contributed by atoms with Gasteiger partial charge in [-0.15, -0.1) is 0 Å². The zero-order chi connectivity index (χ0) is 9.97. The molecule has 0 radical (unpaired) electrons. The Morgan fingerprint density at radius 3 is 3.21 bits per heavy atom. The van der Waals surface area contributed by atoms with E-state index in [1.165, 1.54) is 11.5 Å². The Kier molecular flexibility index (Phi) is 2.95. The van der Waals surface area contributed by atoms with Crippen LogP contribution in [0.3, 0.4) is 0 Å². The number of aromatic nitrogens is 2. The van der Waals surface area contributed by atoms with Crippen molar-refractivity contribution in [2.24, 2.45) is 0 Å². The van der Waals surface area contributed by atoms with Gasteiger partial charge < -0.3 is 10.5 Å². The van der Waals surface area contributed by atoms with Gasteiger partial charge in [-0.1, -0.05) is 6.92 Å². The van der Waals surface area contributed by atoms with Crippen LogP contribution in [-0.4, -0.2) is 40.5 Å². The first-order chi connectivity index (χ1) is 6.79. The number of ether oxygens (including phenoxy) is 1. The lowest BCUT2D eigenvalue weighted by Crippen LogP contribution is -2.38. The van der Waals surface area contributed by atoms with Crippen molar-refractivity contribution in [2.75, 3.05) is 32.0 Å². The highest BCUT2D eigenvalue weighted by Gasteiger charge is 2.24. The molecule has 0 bridgehead atoms. The maximum absolute atomic E-state index is 5.59. The zero-order valence-electron chi connectivity index (χ0n) is 8.14. The second-order valence-electron chi connectivity index (χ2n) is 3.24. The summed E-state index contributed by atoms with van der Waals surface area (Å²) in [5.41, 5.74) is 5.53. The smallest absolute Gasteiger partial charge is 0.200 e. The molecule has 1 atom stereocenters. The van der Waals surface area contributed by atoms with Crippen LogP contribution in [0.2, 0.25) is 0 Å². The number of anilines is 1. The third-order valence-electron chi connectivity index (χ3n) is 2.34. The van der Waals surface area contributed by atoms with Crippen molar-refractivity contribution in [1.29, 1.82) is 0 Å². The van der Waals surface area contributed by atoms with Crippen molar-refractivity contribution in [3.05, 3.63) is 5.82 Å². The Balaban J connectivity index is 2.04. The number of rotatable bonds is 2. The Morgan fingerprint density at radius 2 is 2.57 bits per heavy atom. The van der Waals surface area contributed by atoms with Crippen LogP contribution < -0.4 is 5.73 Å². The largest absolute Gasteiger partial charge is 0.374 e. The van der Waals surface area contributed by atoms with Crippen molar-refractivity contribution in [3.8, 4) is 0 Å². The van der Waals surface area contributed by atoms with Crippen LogP contribution in [0.1, 0.15) is 18.9 Å². The van der Waals surface area contributed by atoms with E-state index in [0.29, 0.717) is 5.13 Å². The highest BCUT2D eigenvalue weighted by molar-refractivity contribution is 7.09. The summed E-state index contributed by atoms with van der Waals surface area (Å²) in [6.07, 6.45) is -0.00255. The summed E-state index contributed by atoms with van der Waals surface area (Å²) >= 11 is 1.23. The fourth-order valence-electron chi connectivity index (χ4n) is 1.52. The molecule has 1 saturated heterocycles. The van der Waals surface area contributed by atoms with Crippen LogP contribution in [0.5, 0.6) is 0 Å². The Hall–Kier alpha value is -0.720. The molecule has 0 aliphatic carbocycles. The predicted molar refractivity (Wildman–Crippen MR) is 55.1 cm³/mol. The van der Waals surface area contributed by atoms with Gasteiger partial charge in [0.05, 0.1) is 6.61 Å². The lowest BCUT2D eigenvalue weighted by Gasteiger charge is -2.30. The van der Waals surface area contributed by atoms with Gasteiger partial charge >= 0.3 is 0 Å². The van der Waals surface area contributed by atoms with E-state index in [1.807, 2.05) is 0 Å². The first-order valence-corrected chi connectivity index (χ1v) is 5.50. The third kappa shape index (κ3) is 2.02. The molecular weight excluding hydrogens is 200 g/mol. The Bertz CT molecular complexity index is 303. The number of likely N-dealkylation sites (N-methyl/N-ethyl adjacent to an activating group) is 1. The fraction of sp³-hybridized carbons (Fsp3) is 0.750. The molecule has 1 fully saturated rings.